The summed E-state index contributed by atoms with van der Waals surface area (Å²) in [5.74, 6) is -0.507. The number of halogens is 4. The van der Waals surface area contributed by atoms with Crippen LogP contribution in [-0.2, 0) is 22.2 Å². The maximum atomic E-state index is 13.7. The molecule has 2 saturated heterocycles. The van der Waals surface area contributed by atoms with Crippen molar-refractivity contribution >= 4 is 34.1 Å². The molecule has 2 aliphatic rings. The van der Waals surface area contributed by atoms with Crippen LogP contribution in [0.2, 0.25) is 5.02 Å². The fourth-order valence-electron chi connectivity index (χ4n) is 5.58. The SMILES string of the molecule is CC(CN1CCN(C(=O)c2cc(C(F)(F)F)ccc2Cl)[C@H](Cc2c[nH]c3ccccc23)C1)=NOCCN1CCOCC1. The smallest absolute Gasteiger partial charge is 0.394 e. The van der Waals surface area contributed by atoms with E-state index in [1.807, 2.05) is 37.4 Å². The number of benzene rings is 2. The summed E-state index contributed by atoms with van der Waals surface area (Å²) in [5.41, 5.74) is 1.78. The number of nitrogens with zero attached hydrogens (tertiary/aromatic N) is 4. The highest BCUT2D eigenvalue weighted by Crippen LogP contribution is 2.33. The summed E-state index contributed by atoms with van der Waals surface area (Å²) < 4.78 is 45.7. The van der Waals surface area contributed by atoms with E-state index >= 15 is 0 Å². The Morgan fingerprint density at radius 2 is 1.90 bits per heavy atom. The Balaban J connectivity index is 1.30. The molecule has 8 nitrogen and oxygen atoms in total. The van der Waals surface area contributed by atoms with Gasteiger partial charge in [0.1, 0.15) is 6.61 Å². The Labute approximate surface area is 248 Å². The highest BCUT2D eigenvalue weighted by atomic mass is 35.5. The van der Waals surface area contributed by atoms with Crippen molar-refractivity contribution in [3.8, 4) is 0 Å². The Morgan fingerprint density at radius 1 is 1.12 bits per heavy atom. The Kier molecular flexibility index (Phi) is 9.72. The standard InChI is InChI=1S/C30H35ClF3N5O3/c1-21(36-42-15-12-37-10-13-41-14-11-37)19-38-8-9-39(29(40)26-17-23(30(32,33)34)6-7-27(26)31)24(20-38)16-22-18-35-28-5-3-2-4-25(22)28/h2-7,17-18,24,35H,8-16,19-20H2,1H3/t24-/m1/s1. The highest BCUT2D eigenvalue weighted by Gasteiger charge is 2.35. The Bertz CT molecular complexity index is 1410. The molecule has 12 heteroatoms. The van der Waals surface area contributed by atoms with Crippen LogP contribution in [-0.4, -0.2) is 103 Å². The summed E-state index contributed by atoms with van der Waals surface area (Å²) in [7, 11) is 0. The molecule has 1 aromatic heterocycles. The summed E-state index contributed by atoms with van der Waals surface area (Å²) in [6.07, 6.45) is -2.13. The minimum atomic E-state index is -4.58. The number of hydrogen-bond acceptors (Lipinski definition) is 6. The van der Waals surface area contributed by atoms with Crippen molar-refractivity contribution in [2.75, 3.05) is 65.6 Å². The average Bonchev–Trinajstić information content (AvgIpc) is 3.38. The van der Waals surface area contributed by atoms with Crippen molar-refractivity contribution in [1.29, 1.82) is 0 Å². The van der Waals surface area contributed by atoms with Gasteiger partial charge in [-0.2, -0.15) is 13.2 Å². The van der Waals surface area contributed by atoms with Crippen LogP contribution in [0.1, 0.15) is 28.4 Å². The van der Waals surface area contributed by atoms with Crippen molar-refractivity contribution < 1.29 is 27.5 Å². The van der Waals surface area contributed by atoms with Gasteiger partial charge in [0.2, 0.25) is 0 Å². The van der Waals surface area contributed by atoms with Gasteiger partial charge in [-0.05, 0) is 43.2 Å². The van der Waals surface area contributed by atoms with Crippen LogP contribution in [0.4, 0.5) is 13.2 Å². The van der Waals surface area contributed by atoms with Gasteiger partial charge in [0, 0.05) is 69.0 Å². The van der Waals surface area contributed by atoms with E-state index in [9.17, 15) is 18.0 Å². The lowest BCUT2D eigenvalue weighted by Crippen LogP contribution is -2.56. The van der Waals surface area contributed by atoms with Crippen molar-refractivity contribution in [3.63, 3.8) is 0 Å². The third kappa shape index (κ3) is 7.44. The number of carbonyl (C=O) groups excluding carboxylic acids is 1. The molecular weight excluding hydrogens is 571 g/mol. The van der Waals surface area contributed by atoms with Crippen LogP contribution in [0.5, 0.6) is 0 Å². The molecule has 5 rings (SSSR count). The first-order valence-corrected chi connectivity index (χ1v) is 14.5. The number of carbonyl (C=O) groups is 1. The van der Waals surface area contributed by atoms with E-state index in [0.717, 1.165) is 73.2 Å². The summed E-state index contributed by atoms with van der Waals surface area (Å²) in [6.45, 7) is 8.35. The monoisotopic (exact) mass is 605 g/mol. The number of H-pyrrole nitrogens is 1. The molecule has 0 spiro atoms. The number of para-hydroxylation sites is 1. The van der Waals surface area contributed by atoms with Gasteiger partial charge in [0.05, 0.1) is 35.1 Å². The average molecular weight is 606 g/mol. The lowest BCUT2D eigenvalue weighted by molar-refractivity contribution is -0.137. The van der Waals surface area contributed by atoms with E-state index in [0.29, 0.717) is 39.2 Å². The molecule has 226 valence electrons. The van der Waals surface area contributed by atoms with Crippen molar-refractivity contribution in [2.45, 2.75) is 25.6 Å². The predicted octanol–water partition coefficient (Wildman–Crippen LogP) is 4.93. The van der Waals surface area contributed by atoms with E-state index < -0.39 is 17.6 Å². The van der Waals surface area contributed by atoms with E-state index in [-0.39, 0.29) is 16.6 Å². The second kappa shape index (κ2) is 13.5. The normalized spacial score (nSPS) is 19.4. The molecule has 3 aromatic rings. The summed E-state index contributed by atoms with van der Waals surface area (Å²) in [6, 6.07) is 10.5. The van der Waals surface area contributed by atoms with Crippen LogP contribution in [0.15, 0.2) is 53.8 Å². The molecule has 1 amide bonds. The molecule has 0 radical (unpaired) electrons. The number of morpholine rings is 1. The fourth-order valence-corrected chi connectivity index (χ4v) is 5.78. The minimum absolute atomic E-state index is 0.00141. The first kappa shape index (κ1) is 30.3. The van der Waals surface area contributed by atoms with Crippen molar-refractivity contribution in [2.24, 2.45) is 5.16 Å². The maximum Gasteiger partial charge on any atom is 0.416 e. The van der Waals surface area contributed by atoms with Crippen LogP contribution in [0, 0.1) is 0 Å². The zero-order valence-corrected chi connectivity index (χ0v) is 24.3. The van der Waals surface area contributed by atoms with Gasteiger partial charge >= 0.3 is 6.18 Å². The first-order chi connectivity index (χ1) is 20.2. The maximum absolute atomic E-state index is 13.7. The molecule has 0 saturated carbocycles. The number of ether oxygens (including phenoxy) is 1. The van der Waals surface area contributed by atoms with Gasteiger partial charge in [-0.1, -0.05) is 35.0 Å². The molecule has 2 aliphatic heterocycles. The van der Waals surface area contributed by atoms with Crippen molar-refractivity contribution in [3.05, 3.63) is 70.4 Å². The molecule has 0 aliphatic carbocycles. The first-order valence-electron chi connectivity index (χ1n) is 14.1. The molecular formula is C30H35ClF3N5O3. The van der Waals surface area contributed by atoms with Crippen LogP contribution in [0.3, 0.4) is 0 Å². The molecule has 2 fully saturated rings. The van der Waals surface area contributed by atoms with Gasteiger partial charge in [0.15, 0.2) is 0 Å². The van der Waals surface area contributed by atoms with Gasteiger partial charge < -0.3 is 19.5 Å². The molecule has 42 heavy (non-hydrogen) atoms. The number of alkyl halides is 3. The van der Waals surface area contributed by atoms with Gasteiger partial charge in [-0.25, -0.2) is 0 Å². The number of piperazine rings is 1. The Hall–Kier alpha value is -3.12. The summed E-state index contributed by atoms with van der Waals surface area (Å²) in [4.78, 5) is 28.7. The summed E-state index contributed by atoms with van der Waals surface area (Å²) in [5, 5.41) is 5.34. The summed E-state index contributed by atoms with van der Waals surface area (Å²) >= 11 is 6.27. The molecule has 1 atom stereocenters. The number of rotatable bonds is 9. The van der Waals surface area contributed by atoms with E-state index in [2.05, 4.69) is 19.9 Å². The molecule has 2 aromatic carbocycles. The fraction of sp³-hybridized carbons (Fsp3) is 0.467. The minimum Gasteiger partial charge on any atom is -0.394 e. The second-order valence-electron chi connectivity index (χ2n) is 10.8. The molecule has 1 N–H and O–H groups in total. The molecule has 0 unspecified atom stereocenters. The number of oxime groups is 1. The number of hydrogen-bond donors (Lipinski definition) is 1. The van der Waals surface area contributed by atoms with Gasteiger partial charge in [0.25, 0.3) is 5.91 Å². The Morgan fingerprint density at radius 3 is 2.69 bits per heavy atom. The third-order valence-corrected chi connectivity index (χ3v) is 8.09. The van der Waals surface area contributed by atoms with E-state index in [1.165, 1.54) is 0 Å². The third-order valence-electron chi connectivity index (χ3n) is 7.76. The zero-order valence-electron chi connectivity index (χ0n) is 23.5. The largest absolute Gasteiger partial charge is 0.416 e. The van der Waals surface area contributed by atoms with Crippen LogP contribution < -0.4 is 0 Å². The molecule has 3 heterocycles. The second-order valence-corrected chi connectivity index (χ2v) is 11.2. The van der Waals surface area contributed by atoms with Gasteiger partial charge in [-0.3, -0.25) is 14.6 Å². The quantitative estimate of drug-likeness (QED) is 0.213. The van der Waals surface area contributed by atoms with E-state index in [1.54, 1.807) is 4.90 Å². The predicted molar refractivity (Wildman–Crippen MR) is 156 cm³/mol. The van der Waals surface area contributed by atoms with Crippen LogP contribution >= 0.6 is 11.6 Å². The number of fused-ring (bicyclic) bond motifs is 1. The van der Waals surface area contributed by atoms with E-state index in [4.69, 9.17) is 21.2 Å². The number of nitrogens with one attached hydrogen (secondary N) is 1. The zero-order chi connectivity index (χ0) is 29.7. The van der Waals surface area contributed by atoms with Crippen molar-refractivity contribution in [1.82, 2.24) is 19.7 Å². The van der Waals surface area contributed by atoms with Gasteiger partial charge in [-0.15, -0.1) is 0 Å². The lowest BCUT2D eigenvalue weighted by atomic mass is 9.99. The topological polar surface area (TPSA) is 73.4 Å². The highest BCUT2D eigenvalue weighted by molar-refractivity contribution is 6.33. The lowest BCUT2D eigenvalue weighted by Gasteiger charge is -2.41. The number of aromatic nitrogens is 1. The van der Waals surface area contributed by atoms with Crippen LogP contribution in [0.25, 0.3) is 10.9 Å². The number of aromatic amines is 1. The number of amides is 1. The molecule has 0 bridgehead atoms.